The largest absolute Gasteiger partial charge is 0.271 e. The van der Waals surface area contributed by atoms with Crippen molar-refractivity contribution in [3.05, 3.63) is 77.4 Å². The summed E-state index contributed by atoms with van der Waals surface area (Å²) in [7, 11) is 0. The summed E-state index contributed by atoms with van der Waals surface area (Å²) in [5.41, 5.74) is 6.11. The lowest BCUT2D eigenvalue weighted by Crippen LogP contribution is -2.18. The Morgan fingerprint density at radius 1 is 1.05 bits per heavy atom. The third-order valence-corrected chi connectivity index (χ3v) is 2.96. The van der Waals surface area contributed by atoms with Gasteiger partial charge in [0.15, 0.2) is 0 Å². The Labute approximate surface area is 125 Å². The summed E-state index contributed by atoms with van der Waals surface area (Å²) in [6.07, 6.45) is 3.82. The van der Waals surface area contributed by atoms with E-state index in [1.807, 2.05) is 68.5 Å². The molecule has 106 valence electrons. The molecule has 0 saturated carbocycles. The average Bonchev–Trinajstić information content (AvgIpc) is 2.52. The number of aryl methyl sites for hydroxylation is 1. The Kier molecular flexibility index (Phi) is 5.04. The van der Waals surface area contributed by atoms with Gasteiger partial charge < -0.3 is 0 Å². The Balaban J connectivity index is 1.95. The number of carbonyl (C=O) groups is 1. The van der Waals surface area contributed by atoms with Crippen LogP contribution in [0.4, 0.5) is 0 Å². The summed E-state index contributed by atoms with van der Waals surface area (Å²) < 4.78 is 0. The van der Waals surface area contributed by atoms with Crippen LogP contribution in [0.1, 0.15) is 28.4 Å². The van der Waals surface area contributed by atoms with Crippen molar-refractivity contribution in [3.63, 3.8) is 0 Å². The molecule has 0 aliphatic heterocycles. The summed E-state index contributed by atoms with van der Waals surface area (Å²) in [5, 5.41) is 4.07. The van der Waals surface area contributed by atoms with Gasteiger partial charge in [0.05, 0.1) is 5.71 Å². The summed E-state index contributed by atoms with van der Waals surface area (Å²) in [4.78, 5) is 11.9. The van der Waals surface area contributed by atoms with E-state index in [1.54, 1.807) is 12.1 Å². The topological polar surface area (TPSA) is 41.5 Å². The molecule has 2 aromatic rings. The highest BCUT2D eigenvalue weighted by Gasteiger charge is 2.02. The molecular weight excluding hydrogens is 260 g/mol. The molecular formula is C18H18N2O. The molecule has 0 fully saturated rings. The second kappa shape index (κ2) is 7.20. The highest BCUT2D eigenvalue weighted by atomic mass is 16.2. The molecule has 0 spiro atoms. The van der Waals surface area contributed by atoms with Gasteiger partial charge in [0.1, 0.15) is 0 Å². The summed E-state index contributed by atoms with van der Waals surface area (Å²) in [6.45, 7) is 3.83. The Bertz CT molecular complexity index is 655. The molecule has 3 nitrogen and oxygen atoms in total. The standard InChI is InChI=1S/C18H18N2O/c1-14-8-12-17(13-9-14)18(21)20-19-15(2)10-11-16-6-4-3-5-7-16/h3-13H,1-2H3,(H,20,21)/b11-10+,19-15+. The first kappa shape index (κ1) is 14.7. The maximum Gasteiger partial charge on any atom is 0.271 e. The van der Waals surface area contributed by atoms with Crippen LogP contribution in [-0.2, 0) is 0 Å². The van der Waals surface area contributed by atoms with Crippen molar-refractivity contribution in [2.45, 2.75) is 13.8 Å². The van der Waals surface area contributed by atoms with Crippen LogP contribution in [0.3, 0.4) is 0 Å². The van der Waals surface area contributed by atoms with Gasteiger partial charge in [0.2, 0.25) is 0 Å². The number of allylic oxidation sites excluding steroid dienone is 1. The minimum Gasteiger partial charge on any atom is -0.267 e. The lowest BCUT2D eigenvalue weighted by atomic mass is 10.1. The molecule has 0 saturated heterocycles. The molecule has 0 aromatic heterocycles. The molecule has 0 radical (unpaired) electrons. The predicted molar refractivity (Wildman–Crippen MR) is 87.2 cm³/mol. The maximum absolute atomic E-state index is 11.9. The minimum absolute atomic E-state index is 0.206. The van der Waals surface area contributed by atoms with E-state index in [9.17, 15) is 4.79 Å². The lowest BCUT2D eigenvalue weighted by molar-refractivity contribution is 0.0955. The van der Waals surface area contributed by atoms with Crippen LogP contribution < -0.4 is 5.43 Å². The fraction of sp³-hybridized carbons (Fsp3) is 0.111. The number of amides is 1. The first-order valence-corrected chi connectivity index (χ1v) is 6.79. The summed E-state index contributed by atoms with van der Waals surface area (Å²) in [6, 6.07) is 17.3. The van der Waals surface area contributed by atoms with Crippen LogP contribution in [0.25, 0.3) is 6.08 Å². The van der Waals surface area contributed by atoms with E-state index >= 15 is 0 Å². The van der Waals surface area contributed by atoms with E-state index in [1.165, 1.54) is 0 Å². The Hall–Kier alpha value is -2.68. The molecule has 0 atom stereocenters. The number of carbonyl (C=O) groups excluding carboxylic acids is 1. The molecule has 2 aromatic carbocycles. The fourth-order valence-electron chi connectivity index (χ4n) is 1.73. The number of hydrazone groups is 1. The smallest absolute Gasteiger partial charge is 0.267 e. The van der Waals surface area contributed by atoms with Gasteiger partial charge in [-0.3, -0.25) is 4.79 Å². The van der Waals surface area contributed by atoms with Crippen LogP contribution in [0.15, 0.2) is 65.8 Å². The van der Waals surface area contributed by atoms with Gasteiger partial charge in [0, 0.05) is 5.56 Å². The van der Waals surface area contributed by atoms with E-state index in [0.29, 0.717) is 5.56 Å². The van der Waals surface area contributed by atoms with E-state index in [-0.39, 0.29) is 5.91 Å². The van der Waals surface area contributed by atoms with Crippen molar-refractivity contribution >= 4 is 17.7 Å². The number of hydrogen-bond donors (Lipinski definition) is 1. The minimum atomic E-state index is -0.206. The number of nitrogens with one attached hydrogen (secondary N) is 1. The first-order valence-electron chi connectivity index (χ1n) is 6.79. The van der Waals surface area contributed by atoms with Gasteiger partial charge in [-0.2, -0.15) is 5.10 Å². The first-order chi connectivity index (χ1) is 10.1. The number of benzene rings is 2. The zero-order valence-electron chi connectivity index (χ0n) is 12.2. The van der Waals surface area contributed by atoms with E-state index in [0.717, 1.165) is 16.8 Å². The summed E-state index contributed by atoms with van der Waals surface area (Å²) >= 11 is 0. The summed E-state index contributed by atoms with van der Waals surface area (Å²) in [5.74, 6) is -0.206. The van der Waals surface area contributed by atoms with Gasteiger partial charge in [-0.05, 0) is 37.6 Å². The second-order valence-electron chi connectivity index (χ2n) is 4.80. The number of rotatable bonds is 4. The predicted octanol–water partition coefficient (Wildman–Crippen LogP) is 3.81. The average molecular weight is 278 g/mol. The van der Waals surface area contributed by atoms with E-state index in [2.05, 4.69) is 10.5 Å². The molecule has 0 bridgehead atoms. The normalized spacial score (nSPS) is 11.6. The van der Waals surface area contributed by atoms with Crippen molar-refractivity contribution in [1.82, 2.24) is 5.43 Å². The molecule has 1 amide bonds. The van der Waals surface area contributed by atoms with Crippen molar-refractivity contribution in [2.75, 3.05) is 0 Å². The van der Waals surface area contributed by atoms with Gasteiger partial charge in [-0.25, -0.2) is 5.43 Å². The van der Waals surface area contributed by atoms with Crippen molar-refractivity contribution < 1.29 is 4.79 Å². The quantitative estimate of drug-likeness (QED) is 0.670. The van der Waals surface area contributed by atoms with Crippen LogP contribution in [0, 0.1) is 6.92 Å². The molecule has 3 heteroatoms. The van der Waals surface area contributed by atoms with Crippen LogP contribution >= 0.6 is 0 Å². The van der Waals surface area contributed by atoms with Crippen molar-refractivity contribution in [1.29, 1.82) is 0 Å². The highest BCUT2D eigenvalue weighted by Crippen LogP contribution is 2.03. The van der Waals surface area contributed by atoms with Gasteiger partial charge in [0.25, 0.3) is 5.91 Å². The van der Waals surface area contributed by atoms with Crippen molar-refractivity contribution in [3.8, 4) is 0 Å². The molecule has 0 unspecified atom stereocenters. The van der Waals surface area contributed by atoms with Crippen LogP contribution in [-0.4, -0.2) is 11.6 Å². The highest BCUT2D eigenvalue weighted by molar-refractivity contribution is 5.99. The third kappa shape index (κ3) is 4.73. The van der Waals surface area contributed by atoms with Gasteiger partial charge in [-0.15, -0.1) is 0 Å². The zero-order chi connectivity index (χ0) is 15.1. The molecule has 0 aliphatic rings. The van der Waals surface area contributed by atoms with Gasteiger partial charge >= 0.3 is 0 Å². The lowest BCUT2D eigenvalue weighted by Gasteiger charge is -2.01. The van der Waals surface area contributed by atoms with Crippen LogP contribution in [0.5, 0.6) is 0 Å². The van der Waals surface area contributed by atoms with Crippen LogP contribution in [0.2, 0.25) is 0 Å². The third-order valence-electron chi connectivity index (χ3n) is 2.96. The molecule has 0 heterocycles. The Morgan fingerprint density at radius 3 is 2.38 bits per heavy atom. The fourth-order valence-corrected chi connectivity index (χ4v) is 1.73. The second-order valence-corrected chi connectivity index (χ2v) is 4.80. The zero-order valence-corrected chi connectivity index (χ0v) is 12.2. The SMILES string of the molecule is CC(/C=C/c1ccccc1)=N\NC(=O)c1ccc(C)cc1. The van der Waals surface area contributed by atoms with Crippen molar-refractivity contribution in [2.24, 2.45) is 5.10 Å². The molecule has 21 heavy (non-hydrogen) atoms. The monoisotopic (exact) mass is 278 g/mol. The Morgan fingerprint density at radius 2 is 1.71 bits per heavy atom. The van der Waals surface area contributed by atoms with E-state index in [4.69, 9.17) is 0 Å². The molecule has 2 rings (SSSR count). The maximum atomic E-state index is 11.9. The number of hydrogen-bond acceptors (Lipinski definition) is 2. The van der Waals surface area contributed by atoms with E-state index < -0.39 is 0 Å². The molecule has 0 aliphatic carbocycles. The van der Waals surface area contributed by atoms with Gasteiger partial charge in [-0.1, -0.05) is 54.1 Å². The molecule has 1 N–H and O–H groups in total. The number of nitrogens with zero attached hydrogens (tertiary/aromatic N) is 1.